The predicted molar refractivity (Wildman–Crippen MR) is 61.3 cm³/mol. The van der Waals surface area contributed by atoms with Gasteiger partial charge in [-0.25, -0.2) is 9.07 Å². The van der Waals surface area contributed by atoms with Crippen LogP contribution in [0.5, 0.6) is 0 Å². The second-order valence-electron chi connectivity index (χ2n) is 3.94. The van der Waals surface area contributed by atoms with Crippen molar-refractivity contribution >= 4 is 0 Å². The second-order valence-corrected chi connectivity index (χ2v) is 3.94. The van der Waals surface area contributed by atoms with Gasteiger partial charge in [0.2, 0.25) is 0 Å². The van der Waals surface area contributed by atoms with E-state index in [1.807, 2.05) is 13.8 Å². The van der Waals surface area contributed by atoms with Crippen LogP contribution < -0.4 is 0 Å². The van der Waals surface area contributed by atoms with E-state index in [1.165, 1.54) is 16.8 Å². The van der Waals surface area contributed by atoms with E-state index in [-0.39, 0.29) is 5.82 Å². The summed E-state index contributed by atoms with van der Waals surface area (Å²) >= 11 is 0. The molecule has 0 bridgehead atoms. The van der Waals surface area contributed by atoms with E-state index in [2.05, 4.69) is 10.3 Å². The summed E-state index contributed by atoms with van der Waals surface area (Å²) in [4.78, 5) is 0. The van der Waals surface area contributed by atoms with Crippen molar-refractivity contribution in [1.29, 1.82) is 0 Å². The topological polar surface area (TPSA) is 50.9 Å². The summed E-state index contributed by atoms with van der Waals surface area (Å²) in [5, 5.41) is 17.4. The summed E-state index contributed by atoms with van der Waals surface area (Å²) in [5.41, 5.74) is 2.03. The van der Waals surface area contributed by atoms with E-state index in [0.717, 1.165) is 5.56 Å². The fourth-order valence-corrected chi connectivity index (χ4v) is 1.59. The summed E-state index contributed by atoms with van der Waals surface area (Å²) in [6, 6.07) is 4.48. The Morgan fingerprint density at radius 3 is 2.94 bits per heavy atom. The molecule has 2 rings (SSSR count). The standard InChI is InChI=1S/C12H14FN3O/c1-3-12(17)10-7-16(15-14-10)11-6-9(13)5-4-8(11)2/h4-7,12,17H,3H2,1-2H3. The molecule has 90 valence electrons. The van der Waals surface area contributed by atoms with Crippen LogP contribution in [-0.2, 0) is 0 Å². The molecule has 0 saturated heterocycles. The van der Waals surface area contributed by atoms with Gasteiger partial charge in [-0.05, 0) is 31.0 Å². The largest absolute Gasteiger partial charge is 0.387 e. The van der Waals surface area contributed by atoms with Gasteiger partial charge in [0, 0.05) is 0 Å². The lowest BCUT2D eigenvalue weighted by Gasteiger charge is -2.04. The van der Waals surface area contributed by atoms with Crippen LogP contribution in [0.3, 0.4) is 0 Å². The van der Waals surface area contributed by atoms with Gasteiger partial charge in [0.25, 0.3) is 0 Å². The molecule has 0 fully saturated rings. The van der Waals surface area contributed by atoms with Crippen molar-refractivity contribution in [3.63, 3.8) is 0 Å². The van der Waals surface area contributed by atoms with Crippen LogP contribution in [-0.4, -0.2) is 20.1 Å². The molecular weight excluding hydrogens is 221 g/mol. The van der Waals surface area contributed by atoms with Crippen molar-refractivity contribution in [3.8, 4) is 5.69 Å². The van der Waals surface area contributed by atoms with Crippen LogP contribution in [0.1, 0.15) is 30.7 Å². The molecule has 1 aromatic heterocycles. The van der Waals surface area contributed by atoms with Gasteiger partial charge in [-0.3, -0.25) is 0 Å². The lowest BCUT2D eigenvalue weighted by atomic mass is 10.2. The first-order chi connectivity index (χ1) is 8.11. The minimum absolute atomic E-state index is 0.321. The smallest absolute Gasteiger partial charge is 0.125 e. The van der Waals surface area contributed by atoms with Gasteiger partial charge < -0.3 is 5.11 Å². The molecule has 0 spiro atoms. The molecule has 5 heteroatoms. The quantitative estimate of drug-likeness (QED) is 0.886. The summed E-state index contributed by atoms with van der Waals surface area (Å²) in [6.07, 6.45) is 1.56. The second kappa shape index (κ2) is 4.63. The third kappa shape index (κ3) is 2.34. The Labute approximate surface area is 98.7 Å². The molecule has 1 N–H and O–H groups in total. The van der Waals surface area contributed by atoms with Gasteiger partial charge in [-0.1, -0.05) is 18.2 Å². The number of benzene rings is 1. The Hall–Kier alpha value is -1.75. The average molecular weight is 235 g/mol. The number of aliphatic hydroxyl groups is 1. The zero-order valence-corrected chi connectivity index (χ0v) is 9.76. The van der Waals surface area contributed by atoms with Crippen LogP contribution >= 0.6 is 0 Å². The Morgan fingerprint density at radius 1 is 1.47 bits per heavy atom. The number of hydrogen-bond donors (Lipinski definition) is 1. The molecular formula is C12H14FN3O. The van der Waals surface area contributed by atoms with Gasteiger partial charge in [-0.2, -0.15) is 0 Å². The average Bonchev–Trinajstić information content (AvgIpc) is 2.80. The molecule has 1 aromatic carbocycles. The third-order valence-corrected chi connectivity index (χ3v) is 2.66. The SMILES string of the molecule is CCC(O)c1cn(-c2cc(F)ccc2C)nn1. The predicted octanol–water partition coefficient (Wildman–Crippen LogP) is 2.16. The molecule has 17 heavy (non-hydrogen) atoms. The van der Waals surface area contributed by atoms with Crippen molar-refractivity contribution in [3.05, 3.63) is 41.5 Å². The van der Waals surface area contributed by atoms with Crippen molar-refractivity contribution in [1.82, 2.24) is 15.0 Å². The summed E-state index contributed by atoms with van der Waals surface area (Å²) in [5.74, 6) is -0.321. The molecule has 0 aliphatic rings. The van der Waals surface area contributed by atoms with Crippen molar-refractivity contribution in [2.75, 3.05) is 0 Å². The Morgan fingerprint density at radius 2 is 2.24 bits per heavy atom. The number of hydrogen-bond acceptors (Lipinski definition) is 3. The van der Waals surface area contributed by atoms with E-state index < -0.39 is 6.10 Å². The Balaban J connectivity index is 2.40. The maximum Gasteiger partial charge on any atom is 0.125 e. The molecule has 1 atom stereocenters. The maximum absolute atomic E-state index is 13.2. The van der Waals surface area contributed by atoms with E-state index in [1.54, 1.807) is 12.3 Å². The zero-order valence-electron chi connectivity index (χ0n) is 9.76. The number of halogens is 1. The minimum atomic E-state index is -0.627. The number of aryl methyl sites for hydroxylation is 1. The van der Waals surface area contributed by atoms with Gasteiger partial charge in [-0.15, -0.1) is 5.10 Å². The highest BCUT2D eigenvalue weighted by atomic mass is 19.1. The van der Waals surface area contributed by atoms with Gasteiger partial charge >= 0.3 is 0 Å². The number of aliphatic hydroxyl groups excluding tert-OH is 1. The van der Waals surface area contributed by atoms with Gasteiger partial charge in [0.05, 0.1) is 18.0 Å². The van der Waals surface area contributed by atoms with E-state index >= 15 is 0 Å². The number of nitrogens with zero attached hydrogens (tertiary/aromatic N) is 3. The monoisotopic (exact) mass is 235 g/mol. The van der Waals surface area contributed by atoms with E-state index in [0.29, 0.717) is 17.8 Å². The summed E-state index contributed by atoms with van der Waals surface area (Å²) < 4.78 is 14.6. The first-order valence-electron chi connectivity index (χ1n) is 5.48. The van der Waals surface area contributed by atoms with Crippen LogP contribution in [0.2, 0.25) is 0 Å². The van der Waals surface area contributed by atoms with Crippen LogP contribution in [0.15, 0.2) is 24.4 Å². The molecule has 1 heterocycles. The highest BCUT2D eigenvalue weighted by Crippen LogP contribution is 2.17. The fourth-order valence-electron chi connectivity index (χ4n) is 1.59. The zero-order chi connectivity index (χ0) is 12.4. The molecule has 2 aromatic rings. The Bertz CT molecular complexity index is 524. The highest BCUT2D eigenvalue weighted by molar-refractivity contribution is 5.39. The van der Waals surface area contributed by atoms with Crippen molar-refractivity contribution < 1.29 is 9.50 Å². The molecule has 0 aliphatic heterocycles. The van der Waals surface area contributed by atoms with Crippen LogP contribution in [0.4, 0.5) is 4.39 Å². The summed E-state index contributed by atoms with van der Waals surface area (Å²) in [7, 11) is 0. The molecule has 4 nitrogen and oxygen atoms in total. The van der Waals surface area contributed by atoms with E-state index in [9.17, 15) is 9.50 Å². The normalized spacial score (nSPS) is 12.7. The van der Waals surface area contributed by atoms with Gasteiger partial charge in [0.15, 0.2) is 0 Å². The fraction of sp³-hybridized carbons (Fsp3) is 0.333. The lowest BCUT2D eigenvalue weighted by Crippen LogP contribution is -1.98. The maximum atomic E-state index is 13.2. The van der Waals surface area contributed by atoms with E-state index in [4.69, 9.17) is 0 Å². The highest BCUT2D eigenvalue weighted by Gasteiger charge is 2.11. The molecule has 1 unspecified atom stereocenters. The van der Waals surface area contributed by atoms with Crippen molar-refractivity contribution in [2.24, 2.45) is 0 Å². The lowest BCUT2D eigenvalue weighted by molar-refractivity contribution is 0.169. The summed E-state index contributed by atoms with van der Waals surface area (Å²) in [6.45, 7) is 3.73. The molecule has 0 radical (unpaired) electrons. The van der Waals surface area contributed by atoms with Crippen LogP contribution in [0.25, 0.3) is 5.69 Å². The number of aromatic nitrogens is 3. The number of rotatable bonds is 3. The Kier molecular flexibility index (Phi) is 3.19. The van der Waals surface area contributed by atoms with Crippen molar-refractivity contribution in [2.45, 2.75) is 26.4 Å². The van der Waals surface area contributed by atoms with Gasteiger partial charge in [0.1, 0.15) is 11.5 Å². The first kappa shape index (κ1) is 11.7. The van der Waals surface area contributed by atoms with Crippen LogP contribution in [0, 0.1) is 12.7 Å². The molecule has 0 aliphatic carbocycles. The first-order valence-corrected chi connectivity index (χ1v) is 5.48. The molecule has 0 amide bonds. The molecule has 0 saturated carbocycles. The third-order valence-electron chi connectivity index (χ3n) is 2.66. The minimum Gasteiger partial charge on any atom is -0.387 e.